The second-order valence-electron chi connectivity index (χ2n) is 3.15. The molecule has 1 N–H and O–H groups in total. The lowest BCUT2D eigenvalue weighted by Gasteiger charge is -2.17. The molecule has 0 amide bonds. The van der Waals surface area contributed by atoms with Crippen LogP contribution in [-0.4, -0.2) is 6.04 Å². The summed E-state index contributed by atoms with van der Waals surface area (Å²) in [6.07, 6.45) is 9.56. The summed E-state index contributed by atoms with van der Waals surface area (Å²) in [6.45, 7) is 4.49. The highest BCUT2D eigenvalue weighted by atomic mass is 14.9. The van der Waals surface area contributed by atoms with Gasteiger partial charge in [0.2, 0.25) is 0 Å². The molecule has 0 saturated carbocycles. The Hall–Kier alpha value is -0.720. The van der Waals surface area contributed by atoms with Crippen molar-refractivity contribution in [1.82, 2.24) is 5.32 Å². The van der Waals surface area contributed by atoms with E-state index in [1.54, 1.807) is 0 Å². The van der Waals surface area contributed by atoms with E-state index in [1.807, 2.05) is 12.3 Å². The van der Waals surface area contributed by atoms with Crippen LogP contribution < -0.4 is 5.32 Å². The Morgan fingerprint density at radius 1 is 1.40 bits per heavy atom. The van der Waals surface area contributed by atoms with Gasteiger partial charge in [-0.05, 0) is 24.6 Å². The van der Waals surface area contributed by atoms with Crippen molar-refractivity contribution in [3.8, 4) is 0 Å². The summed E-state index contributed by atoms with van der Waals surface area (Å²) in [5, 5.41) is 3.28. The Morgan fingerprint density at radius 2 is 2.20 bits per heavy atom. The van der Waals surface area contributed by atoms with Crippen LogP contribution in [0.25, 0.3) is 0 Å². The molecule has 1 unspecified atom stereocenters. The molecule has 1 nitrogen and oxygen atoms in total. The predicted molar refractivity (Wildman–Crippen MR) is 44.7 cm³/mol. The molecule has 1 aliphatic heterocycles. The van der Waals surface area contributed by atoms with Gasteiger partial charge in [0, 0.05) is 6.04 Å². The van der Waals surface area contributed by atoms with Crippen LogP contribution in [0.1, 0.15) is 20.3 Å². The van der Waals surface area contributed by atoms with Gasteiger partial charge in [0.1, 0.15) is 0 Å². The van der Waals surface area contributed by atoms with Gasteiger partial charge in [0.25, 0.3) is 0 Å². The second kappa shape index (κ2) is 3.45. The molecule has 0 aromatic rings. The zero-order chi connectivity index (χ0) is 7.40. The average Bonchev–Trinajstić information content (AvgIpc) is 1.88. The third kappa shape index (κ3) is 2.26. The maximum atomic E-state index is 3.28. The fourth-order valence-corrected chi connectivity index (χ4v) is 1.14. The highest BCUT2D eigenvalue weighted by Gasteiger charge is 2.05. The number of allylic oxidation sites excluding steroid dienone is 2. The molecule has 0 radical (unpaired) electrons. The van der Waals surface area contributed by atoms with Crippen LogP contribution in [0.4, 0.5) is 0 Å². The van der Waals surface area contributed by atoms with Gasteiger partial charge in [-0.15, -0.1) is 0 Å². The number of dihydropyridines is 1. The van der Waals surface area contributed by atoms with Gasteiger partial charge in [-0.25, -0.2) is 0 Å². The summed E-state index contributed by atoms with van der Waals surface area (Å²) in [5.74, 6) is 0.772. The Kier molecular flexibility index (Phi) is 2.55. The molecule has 0 aromatic heterocycles. The van der Waals surface area contributed by atoms with Gasteiger partial charge in [-0.3, -0.25) is 0 Å². The molecule has 1 rings (SSSR count). The fraction of sp³-hybridized carbons (Fsp3) is 0.556. The molecule has 0 saturated heterocycles. The normalized spacial score (nSPS) is 23.3. The number of rotatable bonds is 2. The maximum absolute atomic E-state index is 3.28. The van der Waals surface area contributed by atoms with Gasteiger partial charge < -0.3 is 5.32 Å². The topological polar surface area (TPSA) is 12.0 Å². The maximum Gasteiger partial charge on any atom is 0.0444 e. The first-order valence-electron chi connectivity index (χ1n) is 3.88. The highest BCUT2D eigenvalue weighted by molar-refractivity contribution is 5.11. The molecule has 56 valence electrons. The van der Waals surface area contributed by atoms with Crippen molar-refractivity contribution in [2.45, 2.75) is 26.3 Å². The zero-order valence-corrected chi connectivity index (χ0v) is 6.67. The summed E-state index contributed by atoms with van der Waals surface area (Å²) >= 11 is 0. The van der Waals surface area contributed by atoms with Crippen LogP contribution in [0.15, 0.2) is 24.4 Å². The summed E-state index contributed by atoms with van der Waals surface area (Å²) < 4.78 is 0. The van der Waals surface area contributed by atoms with Crippen LogP contribution in [-0.2, 0) is 0 Å². The van der Waals surface area contributed by atoms with E-state index >= 15 is 0 Å². The van der Waals surface area contributed by atoms with E-state index < -0.39 is 0 Å². The summed E-state index contributed by atoms with van der Waals surface area (Å²) in [6, 6.07) is 0.560. The molecule has 0 bridgehead atoms. The molecular formula is C9H15N. The number of hydrogen-bond donors (Lipinski definition) is 1. The monoisotopic (exact) mass is 137 g/mol. The van der Waals surface area contributed by atoms with Crippen molar-refractivity contribution in [2.75, 3.05) is 0 Å². The molecule has 0 fully saturated rings. The van der Waals surface area contributed by atoms with E-state index in [0.29, 0.717) is 6.04 Å². The van der Waals surface area contributed by atoms with Crippen molar-refractivity contribution in [1.29, 1.82) is 0 Å². The second-order valence-corrected chi connectivity index (χ2v) is 3.15. The standard InChI is InChI=1S/C9H15N/c1-8(2)7-9-5-3-4-6-10-9/h3-6,8-10H,7H2,1-2H3. The summed E-state index contributed by atoms with van der Waals surface area (Å²) in [4.78, 5) is 0. The smallest absolute Gasteiger partial charge is 0.0444 e. The molecule has 1 aliphatic rings. The Balaban J connectivity index is 2.30. The van der Waals surface area contributed by atoms with Gasteiger partial charge in [0.15, 0.2) is 0 Å². The Morgan fingerprint density at radius 3 is 2.70 bits per heavy atom. The lowest BCUT2D eigenvalue weighted by atomic mass is 10.0. The van der Waals surface area contributed by atoms with Crippen LogP contribution >= 0.6 is 0 Å². The molecule has 1 heterocycles. The zero-order valence-electron chi connectivity index (χ0n) is 6.67. The van der Waals surface area contributed by atoms with Gasteiger partial charge in [-0.1, -0.05) is 26.0 Å². The molecule has 1 heteroatoms. The van der Waals surface area contributed by atoms with Gasteiger partial charge in [0.05, 0.1) is 0 Å². The molecule has 0 aromatic carbocycles. The highest BCUT2D eigenvalue weighted by Crippen LogP contribution is 2.07. The van der Waals surface area contributed by atoms with Crippen LogP contribution in [0.5, 0.6) is 0 Å². The van der Waals surface area contributed by atoms with Crippen LogP contribution in [0, 0.1) is 5.92 Å². The minimum atomic E-state index is 0.560. The third-order valence-corrected chi connectivity index (χ3v) is 1.59. The fourth-order valence-electron chi connectivity index (χ4n) is 1.14. The van der Waals surface area contributed by atoms with E-state index in [2.05, 4.69) is 31.3 Å². The van der Waals surface area contributed by atoms with Gasteiger partial charge >= 0.3 is 0 Å². The quantitative estimate of drug-likeness (QED) is 0.614. The first kappa shape index (κ1) is 7.39. The lowest BCUT2D eigenvalue weighted by molar-refractivity contribution is 0.508. The van der Waals surface area contributed by atoms with Gasteiger partial charge in [-0.2, -0.15) is 0 Å². The minimum absolute atomic E-state index is 0.560. The van der Waals surface area contributed by atoms with Crippen molar-refractivity contribution < 1.29 is 0 Å². The lowest BCUT2D eigenvalue weighted by Crippen LogP contribution is -2.24. The van der Waals surface area contributed by atoms with Crippen molar-refractivity contribution in [3.63, 3.8) is 0 Å². The van der Waals surface area contributed by atoms with E-state index in [0.717, 1.165) is 5.92 Å². The molecule has 0 aliphatic carbocycles. The minimum Gasteiger partial charge on any atom is -0.385 e. The summed E-state index contributed by atoms with van der Waals surface area (Å²) in [5.41, 5.74) is 0. The average molecular weight is 137 g/mol. The number of hydrogen-bond acceptors (Lipinski definition) is 1. The first-order valence-corrected chi connectivity index (χ1v) is 3.88. The largest absolute Gasteiger partial charge is 0.385 e. The molecule has 0 spiro atoms. The molecule has 1 atom stereocenters. The molecule has 10 heavy (non-hydrogen) atoms. The Labute approximate surface area is 62.8 Å². The molecular weight excluding hydrogens is 122 g/mol. The van der Waals surface area contributed by atoms with Crippen molar-refractivity contribution in [2.24, 2.45) is 5.92 Å². The first-order chi connectivity index (χ1) is 4.79. The van der Waals surface area contributed by atoms with Crippen molar-refractivity contribution in [3.05, 3.63) is 24.4 Å². The Bertz CT molecular complexity index is 145. The van der Waals surface area contributed by atoms with Crippen LogP contribution in [0.3, 0.4) is 0 Å². The third-order valence-electron chi connectivity index (χ3n) is 1.59. The van der Waals surface area contributed by atoms with E-state index in [4.69, 9.17) is 0 Å². The van der Waals surface area contributed by atoms with E-state index in [-0.39, 0.29) is 0 Å². The van der Waals surface area contributed by atoms with E-state index in [9.17, 15) is 0 Å². The summed E-state index contributed by atoms with van der Waals surface area (Å²) in [7, 11) is 0. The van der Waals surface area contributed by atoms with Crippen molar-refractivity contribution >= 4 is 0 Å². The predicted octanol–water partition coefficient (Wildman–Crippen LogP) is 2.07. The SMILES string of the molecule is CC(C)CC1C=CC=CN1. The van der Waals surface area contributed by atoms with Crippen LogP contribution in [0.2, 0.25) is 0 Å². The number of nitrogens with one attached hydrogen (secondary N) is 1. The van der Waals surface area contributed by atoms with E-state index in [1.165, 1.54) is 6.42 Å².